The van der Waals surface area contributed by atoms with E-state index in [9.17, 15) is 0 Å². The van der Waals surface area contributed by atoms with Gasteiger partial charge in [-0.1, -0.05) is 0 Å². The van der Waals surface area contributed by atoms with Crippen molar-refractivity contribution in [3.05, 3.63) is 0 Å². The van der Waals surface area contributed by atoms with Crippen molar-refractivity contribution in [3.63, 3.8) is 0 Å². The Labute approximate surface area is 56.7 Å². The van der Waals surface area contributed by atoms with E-state index in [0.717, 1.165) is 0 Å². The monoisotopic (exact) mass is 180 g/mol. The van der Waals surface area contributed by atoms with Gasteiger partial charge < -0.3 is 0 Å². The molecule has 0 radical (unpaired) electrons. The summed E-state index contributed by atoms with van der Waals surface area (Å²) in [6, 6.07) is 0. The van der Waals surface area contributed by atoms with Crippen molar-refractivity contribution < 1.29 is 31.2 Å². The normalized spacial score (nSPS) is 4.57. The molecular formula is C2H2Fe2N3. The van der Waals surface area contributed by atoms with E-state index in [1.807, 2.05) is 0 Å². The van der Waals surface area contributed by atoms with Crippen LogP contribution < -0.4 is 4.75 Å². The van der Waals surface area contributed by atoms with Crippen LogP contribution in [-0.4, -0.2) is 0 Å². The summed E-state index contributed by atoms with van der Waals surface area (Å²) in [5.74, 6) is 0. The van der Waals surface area contributed by atoms with Crippen molar-refractivity contribution in [2.24, 2.45) is 4.75 Å². The molecule has 0 bridgehead atoms. The average Bonchev–Trinajstić information content (AvgIpc) is 1.69. The van der Waals surface area contributed by atoms with E-state index in [2.05, 4.69) is 20.8 Å². The first kappa shape index (κ1) is 10.1. The summed E-state index contributed by atoms with van der Waals surface area (Å²) < 4.78 is 4.67. The predicted octanol–water partition coefficient (Wildman–Crippen LogP) is -0.562. The number of hydrogen-bond donors (Lipinski definition) is 1. The molecule has 0 spiro atoms. The van der Waals surface area contributed by atoms with Crippen LogP contribution in [-0.2, 0) is 31.2 Å². The van der Waals surface area contributed by atoms with Gasteiger partial charge >= 0.3 is 56.4 Å². The molecule has 0 saturated heterocycles. The van der Waals surface area contributed by atoms with Gasteiger partial charge in [-0.2, -0.15) is 0 Å². The number of nitrogens with zero attached hydrogens (tertiary/aromatic N) is 2. The SMILES string of the molecule is N#[C][Fe].N#[C][Fe][NH2]. The van der Waals surface area contributed by atoms with Gasteiger partial charge in [0.05, 0.1) is 0 Å². The summed E-state index contributed by atoms with van der Waals surface area (Å²) in [7, 11) is 0. The molecule has 0 aromatic rings. The van der Waals surface area contributed by atoms with Crippen LogP contribution in [0.2, 0.25) is 0 Å². The van der Waals surface area contributed by atoms with E-state index >= 15 is 0 Å². The molecule has 0 aliphatic heterocycles. The van der Waals surface area contributed by atoms with Crippen LogP contribution in [0.1, 0.15) is 0 Å². The second-order valence-corrected chi connectivity index (χ2v) is 1.07. The van der Waals surface area contributed by atoms with Crippen molar-refractivity contribution in [3.8, 4) is 9.94 Å². The molecule has 0 fully saturated rings. The number of nitriles is 2. The fourth-order valence-corrected chi connectivity index (χ4v) is 0. The van der Waals surface area contributed by atoms with E-state index in [0.29, 0.717) is 0 Å². The Morgan fingerprint density at radius 2 is 1.71 bits per heavy atom. The Morgan fingerprint density at radius 3 is 1.71 bits per heavy atom. The van der Waals surface area contributed by atoms with Gasteiger partial charge in [0.25, 0.3) is 0 Å². The molecule has 5 heteroatoms. The molecular weight excluding hydrogens is 178 g/mol. The minimum atomic E-state index is 0.125. The summed E-state index contributed by atoms with van der Waals surface area (Å²) in [5, 5.41) is 14.7. The molecule has 3 nitrogen and oxygen atoms in total. The second kappa shape index (κ2) is 16.7. The Kier molecular flexibility index (Phi) is 24.0. The van der Waals surface area contributed by atoms with E-state index in [4.69, 9.17) is 10.5 Å². The zero-order valence-electron chi connectivity index (χ0n) is 3.18. The molecule has 7 heavy (non-hydrogen) atoms. The van der Waals surface area contributed by atoms with Crippen molar-refractivity contribution in [2.45, 2.75) is 0 Å². The van der Waals surface area contributed by atoms with Gasteiger partial charge in [-0.05, 0) is 0 Å². The number of rotatable bonds is 0. The Balaban J connectivity index is 0. The summed E-state index contributed by atoms with van der Waals surface area (Å²) >= 11 is 2.92. The molecule has 41 valence electrons. The molecule has 2 N–H and O–H groups in total. The van der Waals surface area contributed by atoms with Crippen molar-refractivity contribution in [2.75, 3.05) is 0 Å². The van der Waals surface area contributed by atoms with Crippen molar-refractivity contribution in [1.29, 1.82) is 10.5 Å². The fraction of sp³-hybridized carbons (Fsp3) is 0. The van der Waals surface area contributed by atoms with Gasteiger partial charge in [0, 0.05) is 0 Å². The van der Waals surface area contributed by atoms with Crippen LogP contribution in [0, 0.1) is 20.5 Å². The van der Waals surface area contributed by atoms with Crippen molar-refractivity contribution in [1.82, 2.24) is 0 Å². The molecule has 0 aromatic heterocycles. The van der Waals surface area contributed by atoms with E-state index in [1.54, 1.807) is 4.97 Å². The summed E-state index contributed by atoms with van der Waals surface area (Å²) in [6.07, 6.45) is 0. The average molecular weight is 180 g/mol. The quantitative estimate of drug-likeness (QED) is 0.507. The standard InChI is InChI=1S/2CN.2Fe.H2N/c2*1-2;;;/h;;;;1H2/q;;;+1;-1. The molecule has 0 aliphatic carbocycles. The third-order valence-corrected chi connectivity index (χ3v) is 0.188. The van der Waals surface area contributed by atoms with Gasteiger partial charge in [0.2, 0.25) is 0 Å². The minimum absolute atomic E-state index is 0.125. The first-order valence-corrected chi connectivity index (χ1v) is 2.75. The van der Waals surface area contributed by atoms with E-state index in [1.165, 1.54) is 4.97 Å². The Morgan fingerprint density at radius 1 is 1.57 bits per heavy atom. The van der Waals surface area contributed by atoms with Crippen LogP contribution in [0.25, 0.3) is 0 Å². The van der Waals surface area contributed by atoms with Crippen LogP contribution in [0.5, 0.6) is 0 Å². The maximum absolute atomic E-state index is 7.50. The summed E-state index contributed by atoms with van der Waals surface area (Å²) in [4.78, 5) is 3.21. The van der Waals surface area contributed by atoms with Gasteiger partial charge in [0.1, 0.15) is 0 Å². The molecule has 0 amide bonds. The fourth-order valence-electron chi connectivity index (χ4n) is 0. The van der Waals surface area contributed by atoms with Gasteiger partial charge in [-0.25, -0.2) is 0 Å². The molecule has 0 atom stereocenters. The van der Waals surface area contributed by atoms with Crippen LogP contribution in [0.3, 0.4) is 0 Å². The molecule has 0 aromatic carbocycles. The van der Waals surface area contributed by atoms with Crippen LogP contribution in [0.4, 0.5) is 0 Å². The Bertz CT molecular complexity index is 88.1. The summed E-state index contributed by atoms with van der Waals surface area (Å²) in [6.45, 7) is 0. The molecule has 0 saturated carbocycles. The van der Waals surface area contributed by atoms with Gasteiger partial charge in [-0.15, -0.1) is 0 Å². The topological polar surface area (TPSA) is 73.6 Å². The van der Waals surface area contributed by atoms with E-state index < -0.39 is 0 Å². The first-order valence-electron chi connectivity index (χ1n) is 1.00. The Hall–Kier alpha value is -0.0210. The maximum atomic E-state index is 7.50. The number of nitrogens with two attached hydrogens (primary N) is 1. The zero-order chi connectivity index (χ0) is 6.12. The molecule has 0 unspecified atom stereocenters. The van der Waals surface area contributed by atoms with Crippen LogP contribution in [0.15, 0.2) is 0 Å². The van der Waals surface area contributed by atoms with Gasteiger partial charge in [0.15, 0.2) is 0 Å². The molecule has 0 rings (SSSR count). The van der Waals surface area contributed by atoms with Crippen molar-refractivity contribution >= 4 is 0 Å². The molecule has 0 heterocycles. The molecule has 0 aliphatic rings. The third-order valence-electron chi connectivity index (χ3n) is 0.0456. The first-order chi connectivity index (χ1) is 3.33. The third kappa shape index (κ3) is 98.8. The van der Waals surface area contributed by atoms with Crippen LogP contribution >= 0.6 is 0 Å². The summed E-state index contributed by atoms with van der Waals surface area (Å²) in [5.41, 5.74) is 0. The van der Waals surface area contributed by atoms with E-state index in [-0.39, 0.29) is 15.2 Å². The second-order valence-electron chi connectivity index (χ2n) is 0.260. The van der Waals surface area contributed by atoms with Gasteiger partial charge in [-0.3, -0.25) is 0 Å². The predicted molar refractivity (Wildman–Crippen MR) is 15.4 cm³/mol. The zero-order valence-corrected chi connectivity index (χ0v) is 5.39. The number of hydrogen-bond acceptors (Lipinski definition) is 3.